The van der Waals surface area contributed by atoms with Gasteiger partial charge in [0.2, 0.25) is 0 Å². The third-order valence-electron chi connectivity index (χ3n) is 9.13. The summed E-state index contributed by atoms with van der Waals surface area (Å²) in [7, 11) is -4.74. The van der Waals surface area contributed by atoms with Crippen molar-refractivity contribution in [3.05, 3.63) is 48.6 Å². The van der Waals surface area contributed by atoms with Crippen molar-refractivity contribution < 1.29 is 52.6 Å². The Kier molecular flexibility index (Phi) is 38.4. The Morgan fingerprint density at radius 1 is 0.579 bits per heavy atom. The summed E-state index contributed by atoms with van der Waals surface area (Å²) in [5.74, 6) is -2.47. The van der Waals surface area contributed by atoms with Gasteiger partial charge in [0.1, 0.15) is 12.6 Å². The number of phosphoric acid groups is 1. The average Bonchev–Trinajstić information content (AvgIpc) is 3.19. The van der Waals surface area contributed by atoms with E-state index in [2.05, 4.69) is 47.9 Å². The molecule has 0 aliphatic rings. The molecule has 13 heteroatoms. The normalized spacial score (nSPS) is 14.2. The minimum absolute atomic E-state index is 0.0758. The molecular formula is C44H78NO11P. The van der Waals surface area contributed by atoms with Crippen LogP contribution in [0.5, 0.6) is 0 Å². The fraction of sp³-hybridized carbons (Fsp3) is 0.750. The van der Waals surface area contributed by atoms with E-state index in [-0.39, 0.29) is 26.1 Å². The smallest absolute Gasteiger partial charge is 0.472 e. The zero-order chi connectivity index (χ0) is 42.1. The van der Waals surface area contributed by atoms with Crippen LogP contribution in [0.2, 0.25) is 0 Å². The Balaban J connectivity index is 4.45. The summed E-state index contributed by atoms with van der Waals surface area (Å²) in [5, 5.41) is 17.7. The molecule has 0 saturated carbocycles. The highest BCUT2D eigenvalue weighted by Crippen LogP contribution is 2.43. The van der Waals surface area contributed by atoms with Gasteiger partial charge in [-0.3, -0.25) is 23.4 Å². The molecule has 12 nitrogen and oxygen atoms in total. The zero-order valence-corrected chi connectivity index (χ0v) is 36.0. The number of esters is 2. The number of unbranched alkanes of at least 4 members (excludes halogenated alkanes) is 18. The first-order chi connectivity index (χ1) is 27.6. The molecule has 0 fully saturated rings. The second-order valence-corrected chi connectivity index (χ2v) is 16.0. The fourth-order valence-electron chi connectivity index (χ4n) is 5.68. The average molecular weight is 828 g/mol. The molecule has 0 spiro atoms. The van der Waals surface area contributed by atoms with E-state index in [1.807, 2.05) is 12.2 Å². The lowest BCUT2D eigenvalue weighted by Crippen LogP contribution is -2.34. The van der Waals surface area contributed by atoms with Crippen molar-refractivity contribution in [2.75, 3.05) is 26.4 Å². The van der Waals surface area contributed by atoms with Crippen molar-refractivity contribution in [1.82, 2.24) is 0 Å². The third-order valence-corrected chi connectivity index (χ3v) is 10.1. The number of rotatable bonds is 41. The van der Waals surface area contributed by atoms with Crippen molar-refractivity contribution in [3.63, 3.8) is 0 Å². The van der Waals surface area contributed by atoms with Gasteiger partial charge < -0.3 is 30.3 Å². The van der Waals surface area contributed by atoms with E-state index < -0.39 is 51.1 Å². The summed E-state index contributed by atoms with van der Waals surface area (Å²) >= 11 is 0. The molecule has 0 aromatic carbocycles. The molecule has 57 heavy (non-hydrogen) atoms. The van der Waals surface area contributed by atoms with Gasteiger partial charge >= 0.3 is 25.7 Å². The van der Waals surface area contributed by atoms with E-state index in [9.17, 15) is 23.8 Å². The Morgan fingerprint density at radius 3 is 1.53 bits per heavy atom. The number of carbonyl (C=O) groups is 3. The number of carboxylic acid groups (broad SMARTS) is 1. The van der Waals surface area contributed by atoms with Crippen LogP contribution in [0, 0.1) is 0 Å². The summed E-state index contributed by atoms with van der Waals surface area (Å²) in [4.78, 5) is 45.9. The number of ether oxygens (including phenoxy) is 2. The minimum atomic E-state index is -4.74. The molecule has 0 aromatic heterocycles. The number of aliphatic hydroxyl groups is 1. The van der Waals surface area contributed by atoms with E-state index in [4.69, 9.17) is 29.9 Å². The van der Waals surface area contributed by atoms with E-state index in [0.717, 1.165) is 64.2 Å². The van der Waals surface area contributed by atoms with Crippen LogP contribution in [0.3, 0.4) is 0 Å². The van der Waals surface area contributed by atoms with Crippen molar-refractivity contribution >= 4 is 25.7 Å². The first kappa shape index (κ1) is 54.4. The molecule has 5 N–H and O–H groups in total. The van der Waals surface area contributed by atoms with Gasteiger partial charge in [-0.05, 0) is 57.8 Å². The third kappa shape index (κ3) is 40.0. The Morgan fingerprint density at radius 2 is 1.02 bits per heavy atom. The van der Waals surface area contributed by atoms with Crippen LogP contribution in [0.15, 0.2) is 48.6 Å². The number of carbonyl (C=O) groups excluding carboxylic acids is 2. The molecule has 330 valence electrons. The monoisotopic (exact) mass is 828 g/mol. The van der Waals surface area contributed by atoms with E-state index in [1.54, 1.807) is 0 Å². The van der Waals surface area contributed by atoms with Crippen LogP contribution in [0.4, 0.5) is 0 Å². The second kappa shape index (κ2) is 40.2. The molecule has 0 bridgehead atoms. The van der Waals surface area contributed by atoms with Gasteiger partial charge in [0.15, 0.2) is 6.10 Å². The van der Waals surface area contributed by atoms with Gasteiger partial charge in [0.05, 0.1) is 13.2 Å². The minimum Gasteiger partial charge on any atom is -0.480 e. The number of phosphoric ester groups is 1. The largest absolute Gasteiger partial charge is 0.480 e. The van der Waals surface area contributed by atoms with Crippen LogP contribution >= 0.6 is 7.82 Å². The maximum Gasteiger partial charge on any atom is 0.472 e. The predicted octanol–water partition coefficient (Wildman–Crippen LogP) is 10.4. The van der Waals surface area contributed by atoms with Crippen LogP contribution in [0.25, 0.3) is 0 Å². The molecule has 3 unspecified atom stereocenters. The lowest BCUT2D eigenvalue weighted by molar-refractivity contribution is -0.161. The lowest BCUT2D eigenvalue weighted by atomic mass is 10.0. The molecular weight excluding hydrogens is 749 g/mol. The van der Waals surface area contributed by atoms with Crippen molar-refractivity contribution in [2.24, 2.45) is 5.73 Å². The van der Waals surface area contributed by atoms with Gasteiger partial charge in [0, 0.05) is 19.4 Å². The highest BCUT2D eigenvalue weighted by Gasteiger charge is 2.28. The zero-order valence-electron chi connectivity index (χ0n) is 35.1. The van der Waals surface area contributed by atoms with Gasteiger partial charge in [-0.25, -0.2) is 4.57 Å². The predicted molar refractivity (Wildman–Crippen MR) is 228 cm³/mol. The molecule has 0 amide bonds. The first-order valence-electron chi connectivity index (χ1n) is 21.8. The summed E-state index contributed by atoms with van der Waals surface area (Å²) in [6, 6.07) is -1.53. The molecule has 0 aliphatic heterocycles. The molecule has 0 aromatic rings. The van der Waals surface area contributed by atoms with Gasteiger partial charge in [-0.1, -0.05) is 152 Å². The molecule has 3 atom stereocenters. The lowest BCUT2D eigenvalue weighted by Gasteiger charge is -2.20. The fourth-order valence-corrected chi connectivity index (χ4v) is 6.46. The Labute approximate surface area is 344 Å². The summed E-state index contributed by atoms with van der Waals surface area (Å²) in [6.07, 6.45) is 41.9. The van der Waals surface area contributed by atoms with Crippen molar-refractivity contribution in [3.8, 4) is 0 Å². The summed E-state index contributed by atoms with van der Waals surface area (Å²) in [6.45, 7) is 0.755. The molecule has 0 aliphatic carbocycles. The molecule has 0 heterocycles. The van der Waals surface area contributed by atoms with Gasteiger partial charge in [0.25, 0.3) is 0 Å². The topological polar surface area (TPSA) is 192 Å². The van der Waals surface area contributed by atoms with Crippen molar-refractivity contribution in [1.29, 1.82) is 0 Å². The summed E-state index contributed by atoms with van der Waals surface area (Å²) in [5.41, 5.74) is 5.32. The number of aliphatic carboxylic acids is 1. The van der Waals surface area contributed by atoms with Crippen LogP contribution in [0.1, 0.15) is 174 Å². The standard InChI is InChI=1S/C44H78NO11P/c1-2-3-4-5-6-7-8-9-13-16-19-22-25-28-31-34-42(47)53-37-40(38-54-57(51,52)55-39-41(45)44(49)50)56-43(48)35-32-29-26-23-20-17-14-11-10-12-15-18-21-24-27-30-33-36-46/h10,12,14,17-18,21,23,26,40-41,46H,2-9,11,13,15-16,19-20,22,24-25,27-39,45H2,1H3,(H,49,50)(H,51,52). The van der Waals surface area contributed by atoms with Crippen LogP contribution < -0.4 is 5.73 Å². The SMILES string of the molecule is CCCCCCCCCCCCCCCCCC(=O)OCC(COP(=O)(O)OCC(N)C(=O)O)OC(=O)CCCC=CCC=CCC=CCC=CCCCCCO. The number of aliphatic hydroxyl groups excluding tert-OH is 1. The van der Waals surface area contributed by atoms with E-state index in [1.165, 1.54) is 70.6 Å². The molecule has 0 saturated heterocycles. The molecule has 0 rings (SSSR count). The first-order valence-corrected chi connectivity index (χ1v) is 23.3. The number of hydrogen-bond donors (Lipinski definition) is 4. The van der Waals surface area contributed by atoms with Gasteiger partial charge in [-0.2, -0.15) is 0 Å². The number of nitrogens with two attached hydrogens (primary N) is 1. The van der Waals surface area contributed by atoms with E-state index >= 15 is 0 Å². The second-order valence-electron chi connectivity index (χ2n) is 14.6. The van der Waals surface area contributed by atoms with Gasteiger partial charge in [-0.15, -0.1) is 0 Å². The van der Waals surface area contributed by atoms with E-state index in [0.29, 0.717) is 19.3 Å². The summed E-state index contributed by atoms with van der Waals surface area (Å²) < 4.78 is 32.6. The maximum absolute atomic E-state index is 12.6. The highest BCUT2D eigenvalue weighted by molar-refractivity contribution is 7.47. The van der Waals surface area contributed by atoms with Crippen LogP contribution in [-0.4, -0.2) is 71.6 Å². The van der Waals surface area contributed by atoms with Crippen LogP contribution in [-0.2, 0) is 37.5 Å². The number of carboxylic acids is 1. The maximum atomic E-state index is 12.6. The quantitative estimate of drug-likeness (QED) is 0.0198. The highest BCUT2D eigenvalue weighted by atomic mass is 31.2. The Bertz CT molecular complexity index is 1160. The number of hydrogen-bond acceptors (Lipinski definition) is 10. The number of allylic oxidation sites excluding steroid dienone is 8. The van der Waals surface area contributed by atoms with Crippen molar-refractivity contribution in [2.45, 2.75) is 186 Å². The molecule has 0 radical (unpaired) electrons. The Hall–Kier alpha value is -2.60.